The smallest absolute Gasteiger partial charge is 0.407 e. The number of ether oxygens (including phenoxy) is 3. The van der Waals surface area contributed by atoms with E-state index in [1.165, 1.54) is 0 Å². The van der Waals surface area contributed by atoms with Gasteiger partial charge in [-0.1, -0.05) is 0 Å². The van der Waals surface area contributed by atoms with Gasteiger partial charge in [-0.05, 0) is 27.2 Å². The number of aliphatic carboxylic acids is 1. The van der Waals surface area contributed by atoms with Gasteiger partial charge in [-0.25, -0.2) is 4.79 Å². The van der Waals surface area contributed by atoms with Crippen LogP contribution in [0.5, 0.6) is 0 Å². The highest BCUT2D eigenvalue weighted by Crippen LogP contribution is 2.24. The number of carboxylic acids is 1. The van der Waals surface area contributed by atoms with Gasteiger partial charge < -0.3 is 24.6 Å². The van der Waals surface area contributed by atoms with Crippen LogP contribution in [0.25, 0.3) is 0 Å². The molecule has 1 fully saturated rings. The summed E-state index contributed by atoms with van der Waals surface area (Å²) in [7, 11) is 0. The van der Waals surface area contributed by atoms with Crippen molar-refractivity contribution in [3.63, 3.8) is 0 Å². The second-order valence-electron chi connectivity index (χ2n) is 5.83. The Morgan fingerprint density at radius 2 is 2.05 bits per heavy atom. The van der Waals surface area contributed by atoms with Gasteiger partial charge in [-0.15, -0.1) is 0 Å². The highest BCUT2D eigenvalue weighted by molar-refractivity contribution is 5.68. The second-order valence-corrected chi connectivity index (χ2v) is 5.83. The summed E-state index contributed by atoms with van der Waals surface area (Å²) < 4.78 is 16.0. The van der Waals surface area contributed by atoms with Crippen molar-refractivity contribution in [2.24, 2.45) is 0 Å². The molecule has 2 N–H and O–H groups in total. The van der Waals surface area contributed by atoms with Crippen LogP contribution >= 0.6 is 0 Å². The molecule has 0 aromatic rings. The zero-order valence-electron chi connectivity index (χ0n) is 12.2. The molecule has 7 heteroatoms. The highest BCUT2D eigenvalue weighted by Gasteiger charge is 2.36. The van der Waals surface area contributed by atoms with Crippen LogP contribution in [0.15, 0.2) is 0 Å². The maximum Gasteiger partial charge on any atom is 0.407 e. The third kappa shape index (κ3) is 6.21. The van der Waals surface area contributed by atoms with Crippen molar-refractivity contribution in [3.8, 4) is 0 Å². The number of alkyl carbamates (subject to hydrolysis) is 1. The second kappa shape index (κ2) is 6.90. The summed E-state index contributed by atoms with van der Waals surface area (Å²) in [5.41, 5.74) is -1.44. The van der Waals surface area contributed by atoms with Gasteiger partial charge in [-0.3, -0.25) is 4.79 Å². The van der Waals surface area contributed by atoms with E-state index < -0.39 is 23.3 Å². The Bertz CT molecular complexity index is 343. The van der Waals surface area contributed by atoms with Gasteiger partial charge in [0.2, 0.25) is 0 Å². The summed E-state index contributed by atoms with van der Waals surface area (Å²) in [6.07, 6.45) is -0.318. The molecule has 20 heavy (non-hydrogen) atoms. The van der Waals surface area contributed by atoms with Gasteiger partial charge in [0.15, 0.2) is 0 Å². The van der Waals surface area contributed by atoms with Crippen LogP contribution in [-0.2, 0) is 19.0 Å². The average molecular weight is 289 g/mol. The van der Waals surface area contributed by atoms with E-state index in [-0.39, 0.29) is 19.6 Å². The number of hydrogen-bond acceptors (Lipinski definition) is 5. The van der Waals surface area contributed by atoms with E-state index in [0.29, 0.717) is 19.6 Å². The summed E-state index contributed by atoms with van der Waals surface area (Å²) in [5, 5.41) is 11.5. The van der Waals surface area contributed by atoms with Gasteiger partial charge in [-0.2, -0.15) is 0 Å². The molecule has 0 aromatic heterocycles. The van der Waals surface area contributed by atoms with Crippen LogP contribution in [0.3, 0.4) is 0 Å². The Labute approximate surface area is 118 Å². The quantitative estimate of drug-likeness (QED) is 0.788. The van der Waals surface area contributed by atoms with Gasteiger partial charge in [0.25, 0.3) is 0 Å². The Hall–Kier alpha value is -1.34. The minimum Gasteiger partial charge on any atom is -0.481 e. The van der Waals surface area contributed by atoms with E-state index in [2.05, 4.69) is 5.32 Å². The number of amides is 1. The number of nitrogens with one attached hydrogen (secondary N) is 1. The number of carbonyl (C=O) groups is 2. The minimum absolute atomic E-state index is 0.150. The zero-order chi connectivity index (χ0) is 15.2. The molecule has 1 atom stereocenters. The lowest BCUT2D eigenvalue weighted by Crippen LogP contribution is -2.47. The number of carboxylic acid groups (broad SMARTS) is 1. The van der Waals surface area contributed by atoms with Crippen molar-refractivity contribution in [1.82, 2.24) is 5.32 Å². The summed E-state index contributed by atoms with van der Waals surface area (Å²) in [6.45, 7) is 6.63. The Kier molecular flexibility index (Phi) is 5.76. The third-order valence-electron chi connectivity index (χ3n) is 2.72. The van der Waals surface area contributed by atoms with E-state index in [9.17, 15) is 9.59 Å². The Balaban J connectivity index is 2.43. The lowest BCUT2D eigenvalue weighted by atomic mass is 9.95. The van der Waals surface area contributed by atoms with Crippen LogP contribution in [0.2, 0.25) is 0 Å². The summed E-state index contributed by atoms with van der Waals surface area (Å²) >= 11 is 0. The van der Waals surface area contributed by atoms with E-state index in [0.717, 1.165) is 0 Å². The predicted octanol–water partition coefficient (Wildman–Crippen LogP) is 1.16. The molecule has 1 aliphatic heterocycles. The molecule has 1 rings (SSSR count). The fourth-order valence-corrected chi connectivity index (χ4v) is 1.93. The molecule has 1 unspecified atom stereocenters. The van der Waals surface area contributed by atoms with Crippen LogP contribution in [-0.4, -0.2) is 54.7 Å². The largest absolute Gasteiger partial charge is 0.481 e. The molecule has 116 valence electrons. The van der Waals surface area contributed by atoms with E-state index in [1.807, 2.05) is 0 Å². The van der Waals surface area contributed by atoms with Crippen molar-refractivity contribution in [2.45, 2.75) is 44.8 Å². The predicted molar refractivity (Wildman–Crippen MR) is 70.6 cm³/mol. The van der Waals surface area contributed by atoms with Crippen LogP contribution in [0.4, 0.5) is 4.79 Å². The molecule has 0 saturated carbocycles. The standard InChI is InChI=1S/C13H23NO6/c1-12(2,3)20-11(17)14-5-4-13(8-10(15)16)9-18-6-7-19-13/h4-9H2,1-3H3,(H,14,17)(H,15,16). The number of rotatable bonds is 5. The van der Waals surface area contributed by atoms with E-state index >= 15 is 0 Å². The molecular formula is C13H23NO6. The van der Waals surface area contributed by atoms with Gasteiger partial charge in [0, 0.05) is 6.54 Å². The monoisotopic (exact) mass is 289 g/mol. The molecule has 1 aliphatic rings. The highest BCUT2D eigenvalue weighted by atomic mass is 16.6. The van der Waals surface area contributed by atoms with Crippen molar-refractivity contribution in [1.29, 1.82) is 0 Å². The number of carbonyl (C=O) groups excluding carboxylic acids is 1. The average Bonchev–Trinajstić information content (AvgIpc) is 2.26. The number of hydrogen-bond donors (Lipinski definition) is 2. The molecule has 0 radical (unpaired) electrons. The lowest BCUT2D eigenvalue weighted by molar-refractivity contribution is -0.176. The van der Waals surface area contributed by atoms with E-state index in [4.69, 9.17) is 19.3 Å². The Morgan fingerprint density at radius 3 is 2.55 bits per heavy atom. The molecule has 0 aromatic carbocycles. The minimum atomic E-state index is -0.951. The lowest BCUT2D eigenvalue weighted by Gasteiger charge is -2.36. The summed E-state index contributed by atoms with van der Waals surface area (Å²) in [6, 6.07) is 0. The first-order chi connectivity index (χ1) is 9.22. The zero-order valence-corrected chi connectivity index (χ0v) is 12.2. The van der Waals surface area contributed by atoms with Crippen molar-refractivity contribution < 1.29 is 28.9 Å². The Morgan fingerprint density at radius 1 is 1.35 bits per heavy atom. The van der Waals surface area contributed by atoms with Gasteiger partial charge >= 0.3 is 12.1 Å². The van der Waals surface area contributed by atoms with E-state index in [1.54, 1.807) is 20.8 Å². The molecule has 0 bridgehead atoms. The van der Waals surface area contributed by atoms with Crippen LogP contribution in [0.1, 0.15) is 33.6 Å². The molecule has 1 heterocycles. The molecule has 7 nitrogen and oxygen atoms in total. The third-order valence-corrected chi connectivity index (χ3v) is 2.72. The maximum absolute atomic E-state index is 11.5. The molecule has 0 spiro atoms. The van der Waals surface area contributed by atoms with Crippen molar-refractivity contribution in [2.75, 3.05) is 26.4 Å². The first kappa shape index (κ1) is 16.7. The molecule has 1 saturated heterocycles. The normalized spacial score (nSPS) is 23.1. The first-order valence-corrected chi connectivity index (χ1v) is 6.63. The summed E-state index contributed by atoms with van der Waals surface area (Å²) in [4.78, 5) is 22.4. The molecule has 1 amide bonds. The first-order valence-electron chi connectivity index (χ1n) is 6.63. The maximum atomic E-state index is 11.5. The fourth-order valence-electron chi connectivity index (χ4n) is 1.93. The van der Waals surface area contributed by atoms with Gasteiger partial charge in [0.05, 0.1) is 26.2 Å². The van der Waals surface area contributed by atoms with Crippen LogP contribution < -0.4 is 5.32 Å². The molecular weight excluding hydrogens is 266 g/mol. The molecule has 0 aliphatic carbocycles. The fraction of sp³-hybridized carbons (Fsp3) is 0.846. The van der Waals surface area contributed by atoms with Gasteiger partial charge in [0.1, 0.15) is 11.2 Å². The van der Waals surface area contributed by atoms with Crippen LogP contribution in [0, 0.1) is 0 Å². The topological polar surface area (TPSA) is 94.1 Å². The SMILES string of the molecule is CC(C)(C)OC(=O)NCCC1(CC(=O)O)COCCO1. The van der Waals surface area contributed by atoms with Crippen molar-refractivity contribution >= 4 is 12.1 Å². The van der Waals surface area contributed by atoms with Crippen molar-refractivity contribution in [3.05, 3.63) is 0 Å². The summed E-state index contributed by atoms with van der Waals surface area (Å²) in [5.74, 6) is -0.951.